The summed E-state index contributed by atoms with van der Waals surface area (Å²) in [4.78, 5) is 11.4. The molecule has 29 heavy (non-hydrogen) atoms. The number of hydrogen-bond acceptors (Lipinski definition) is 5. The number of carbonyl (C=O) groups is 1. The van der Waals surface area contributed by atoms with Crippen molar-refractivity contribution in [3.63, 3.8) is 0 Å². The molecule has 0 spiro atoms. The van der Waals surface area contributed by atoms with Crippen LogP contribution in [0.5, 0.6) is 0 Å². The molecule has 0 unspecified atom stereocenters. The average Bonchev–Trinajstić information content (AvgIpc) is 2.95. The van der Waals surface area contributed by atoms with Crippen molar-refractivity contribution in [2.45, 2.75) is 95.3 Å². The lowest BCUT2D eigenvalue weighted by molar-refractivity contribution is -0.152. The van der Waals surface area contributed by atoms with Crippen molar-refractivity contribution in [2.75, 3.05) is 13.2 Å². The maximum atomic E-state index is 11.4. The van der Waals surface area contributed by atoms with Crippen molar-refractivity contribution in [1.82, 2.24) is 0 Å². The van der Waals surface area contributed by atoms with Gasteiger partial charge < -0.3 is 19.7 Å². The molecule has 5 nitrogen and oxygen atoms in total. The van der Waals surface area contributed by atoms with Crippen molar-refractivity contribution in [3.8, 4) is 0 Å². The number of halogens is 1. The van der Waals surface area contributed by atoms with Crippen LogP contribution in [-0.4, -0.2) is 53.1 Å². The number of carbonyl (C=O) groups excluding carboxylic acids is 1. The molecule has 2 saturated carbocycles. The lowest BCUT2D eigenvalue weighted by Crippen LogP contribution is -2.26. The van der Waals surface area contributed by atoms with Crippen LogP contribution < -0.4 is 0 Å². The maximum Gasteiger partial charge on any atom is 0.332 e. The molecule has 5 atom stereocenters. The number of esters is 1. The third-order valence-electron chi connectivity index (χ3n) is 6.34. The first-order valence-electron chi connectivity index (χ1n) is 11.3. The third kappa shape index (κ3) is 8.56. The third-order valence-corrected chi connectivity index (χ3v) is 6.84. The second-order valence-corrected chi connectivity index (χ2v) is 9.51. The Morgan fingerprint density at radius 3 is 2.59 bits per heavy atom. The van der Waals surface area contributed by atoms with E-state index in [0.717, 1.165) is 32.1 Å². The molecule has 0 heterocycles. The van der Waals surface area contributed by atoms with Gasteiger partial charge in [0.1, 0.15) is 6.61 Å². The number of ether oxygens (including phenoxy) is 2. The highest BCUT2D eigenvalue weighted by molar-refractivity contribution is 6.21. The van der Waals surface area contributed by atoms with Crippen molar-refractivity contribution >= 4 is 17.6 Å². The molecule has 0 saturated heterocycles. The zero-order chi connectivity index (χ0) is 21.2. The van der Waals surface area contributed by atoms with Crippen molar-refractivity contribution in [1.29, 1.82) is 0 Å². The second kappa shape index (κ2) is 12.9. The lowest BCUT2D eigenvalue weighted by atomic mass is 9.81. The Balaban J connectivity index is 1.72. The van der Waals surface area contributed by atoms with E-state index >= 15 is 0 Å². The summed E-state index contributed by atoms with van der Waals surface area (Å²) in [6.45, 7) is 3.91. The predicted molar refractivity (Wildman–Crippen MR) is 115 cm³/mol. The summed E-state index contributed by atoms with van der Waals surface area (Å²) >= 11 is 6.51. The summed E-state index contributed by atoms with van der Waals surface area (Å²) in [5.41, 5.74) is 0. The predicted octanol–water partition coefficient (Wildman–Crippen LogP) is 4.23. The first-order chi connectivity index (χ1) is 13.9. The minimum Gasteiger partial charge on any atom is -0.461 e. The average molecular weight is 431 g/mol. The van der Waals surface area contributed by atoms with Gasteiger partial charge in [0.25, 0.3) is 0 Å². The molecule has 0 aromatic heterocycles. The van der Waals surface area contributed by atoms with E-state index in [1.807, 2.05) is 12.2 Å². The Kier molecular flexibility index (Phi) is 11.0. The highest BCUT2D eigenvalue weighted by atomic mass is 35.5. The molecule has 2 N–H and O–H groups in total. The van der Waals surface area contributed by atoms with E-state index in [4.69, 9.17) is 21.1 Å². The Morgan fingerprint density at radius 2 is 1.90 bits per heavy atom. The van der Waals surface area contributed by atoms with Crippen molar-refractivity contribution in [2.24, 2.45) is 17.8 Å². The number of aliphatic hydroxyl groups excluding tert-OH is 2. The Labute approximate surface area is 180 Å². The molecule has 2 aliphatic carbocycles. The van der Waals surface area contributed by atoms with Crippen LogP contribution in [0.2, 0.25) is 0 Å². The number of rotatable bonds is 11. The van der Waals surface area contributed by atoms with E-state index in [0.29, 0.717) is 18.9 Å². The fourth-order valence-electron chi connectivity index (χ4n) is 4.81. The van der Waals surface area contributed by atoms with Gasteiger partial charge in [-0.2, -0.15) is 0 Å². The molecule has 2 aliphatic rings. The lowest BCUT2D eigenvalue weighted by Gasteiger charge is -2.29. The number of alkyl halides is 1. The molecular formula is C23H39ClO5. The second-order valence-electron chi connectivity index (χ2n) is 8.95. The number of hydrogen-bond donors (Lipinski definition) is 2. The molecule has 0 bridgehead atoms. The SMILES string of the molecule is CC(C)OC(=O)COC/C=C\C[C@@H]1[C@@H](CC[C@H](O)C2CCCCC2)[C@H](O)C[C@H]1Cl. The number of allylic oxidation sites excluding steroid dienone is 1. The summed E-state index contributed by atoms with van der Waals surface area (Å²) in [5.74, 6) is 0.395. The van der Waals surface area contributed by atoms with Crippen LogP contribution in [0.25, 0.3) is 0 Å². The minimum absolute atomic E-state index is 0.0478. The van der Waals surface area contributed by atoms with Gasteiger partial charge in [0.05, 0.1) is 24.9 Å². The normalized spacial score (nSPS) is 29.6. The van der Waals surface area contributed by atoms with E-state index in [9.17, 15) is 15.0 Å². The first-order valence-corrected chi connectivity index (χ1v) is 11.7. The molecule has 0 aromatic rings. The van der Waals surface area contributed by atoms with Gasteiger partial charge in [-0.1, -0.05) is 31.4 Å². The highest BCUT2D eigenvalue weighted by Gasteiger charge is 2.40. The van der Waals surface area contributed by atoms with Crippen LogP contribution in [0, 0.1) is 17.8 Å². The molecule has 0 radical (unpaired) electrons. The van der Waals surface area contributed by atoms with Gasteiger partial charge in [-0.25, -0.2) is 4.79 Å². The van der Waals surface area contributed by atoms with Gasteiger partial charge >= 0.3 is 5.97 Å². The summed E-state index contributed by atoms with van der Waals surface area (Å²) < 4.78 is 10.3. The van der Waals surface area contributed by atoms with Crippen molar-refractivity contribution in [3.05, 3.63) is 12.2 Å². The maximum absolute atomic E-state index is 11.4. The largest absolute Gasteiger partial charge is 0.461 e. The minimum atomic E-state index is -0.392. The Bertz CT molecular complexity index is 503. The zero-order valence-corrected chi connectivity index (χ0v) is 18.7. The Hall–Kier alpha value is -0.620. The van der Waals surface area contributed by atoms with E-state index in [1.54, 1.807) is 13.8 Å². The molecular weight excluding hydrogens is 392 g/mol. The van der Waals surface area contributed by atoms with E-state index in [2.05, 4.69) is 0 Å². The van der Waals surface area contributed by atoms with Crippen LogP contribution in [0.3, 0.4) is 0 Å². The monoisotopic (exact) mass is 430 g/mol. The van der Waals surface area contributed by atoms with Crippen LogP contribution in [0.4, 0.5) is 0 Å². The molecule has 2 fully saturated rings. The van der Waals surface area contributed by atoms with Crippen molar-refractivity contribution < 1.29 is 24.5 Å². The molecule has 168 valence electrons. The van der Waals surface area contributed by atoms with Gasteiger partial charge in [-0.05, 0) is 70.1 Å². The molecule has 6 heteroatoms. The molecule has 0 amide bonds. The molecule has 2 rings (SSSR count). The van der Waals surface area contributed by atoms with Crippen LogP contribution in [0.15, 0.2) is 12.2 Å². The first kappa shape index (κ1) is 24.6. The van der Waals surface area contributed by atoms with E-state index in [-0.39, 0.29) is 42.0 Å². The van der Waals surface area contributed by atoms with Crippen LogP contribution in [0.1, 0.15) is 71.6 Å². The van der Waals surface area contributed by atoms with E-state index in [1.165, 1.54) is 19.3 Å². The standard InChI is InChI=1S/C23H39ClO5/c1-16(2)29-23(27)15-28-13-7-6-10-18-19(22(26)14-20(18)24)11-12-21(25)17-8-4-3-5-9-17/h6-7,16-22,25-26H,3-5,8-15H2,1-2H3/b7-6-/t18-,19-,20-,21+,22-/m1/s1. The van der Waals surface area contributed by atoms with Crippen LogP contribution >= 0.6 is 11.6 Å². The summed E-state index contributed by atoms with van der Waals surface area (Å²) in [6.07, 6.45) is 12.1. The Morgan fingerprint density at radius 1 is 1.17 bits per heavy atom. The summed E-state index contributed by atoms with van der Waals surface area (Å²) in [6, 6.07) is 0. The summed E-state index contributed by atoms with van der Waals surface area (Å²) in [5, 5.41) is 21.0. The van der Waals surface area contributed by atoms with Gasteiger partial charge in [-0.3, -0.25) is 0 Å². The molecule has 0 aliphatic heterocycles. The topological polar surface area (TPSA) is 76.0 Å². The number of aliphatic hydroxyl groups is 2. The quantitative estimate of drug-likeness (QED) is 0.222. The van der Waals surface area contributed by atoms with Gasteiger partial charge in [0.2, 0.25) is 0 Å². The highest BCUT2D eigenvalue weighted by Crippen LogP contribution is 2.42. The van der Waals surface area contributed by atoms with Crippen LogP contribution in [-0.2, 0) is 14.3 Å². The van der Waals surface area contributed by atoms with Gasteiger partial charge in [0.15, 0.2) is 0 Å². The smallest absolute Gasteiger partial charge is 0.332 e. The molecule has 0 aromatic carbocycles. The zero-order valence-electron chi connectivity index (χ0n) is 18.0. The van der Waals surface area contributed by atoms with Gasteiger partial charge in [-0.15, -0.1) is 11.6 Å². The summed E-state index contributed by atoms with van der Waals surface area (Å²) in [7, 11) is 0. The fraction of sp³-hybridized carbons (Fsp3) is 0.870. The van der Waals surface area contributed by atoms with Gasteiger partial charge in [0, 0.05) is 5.38 Å². The fourth-order valence-corrected chi connectivity index (χ4v) is 5.28. The van der Waals surface area contributed by atoms with E-state index < -0.39 is 6.10 Å².